The molecule has 2 fully saturated rings. The molecule has 3 rings (SSSR count). The number of anilines is 1. The molecule has 0 radical (unpaired) electrons. The van der Waals surface area contributed by atoms with E-state index in [2.05, 4.69) is 15.6 Å². The molecule has 1 aromatic rings. The van der Waals surface area contributed by atoms with Crippen molar-refractivity contribution in [3.63, 3.8) is 0 Å². The molecule has 1 aromatic heterocycles. The van der Waals surface area contributed by atoms with Crippen LogP contribution in [0.2, 0.25) is 0 Å². The Morgan fingerprint density at radius 3 is 2.42 bits per heavy atom. The van der Waals surface area contributed by atoms with Crippen LogP contribution in [0.1, 0.15) is 38.5 Å². The average Bonchev–Trinajstić information content (AvgIpc) is 3.27. The Hall–Kier alpha value is -1.58. The fourth-order valence-electron chi connectivity index (χ4n) is 2.70. The van der Waals surface area contributed by atoms with Gasteiger partial charge in [0.25, 0.3) is 0 Å². The molecule has 2 aliphatic rings. The number of nitrogens with zero attached hydrogens (tertiary/aromatic N) is 1. The summed E-state index contributed by atoms with van der Waals surface area (Å²) in [4.78, 5) is 16.0. The van der Waals surface area contributed by atoms with Gasteiger partial charge in [-0.05, 0) is 50.7 Å². The number of carbonyl (C=O) groups excluding carboxylic acids is 1. The molecule has 4 heteroatoms. The third kappa shape index (κ3) is 3.46. The van der Waals surface area contributed by atoms with Crippen LogP contribution in [0.5, 0.6) is 0 Å². The maximum atomic E-state index is 11.7. The normalized spacial score (nSPS) is 26.7. The van der Waals surface area contributed by atoms with Gasteiger partial charge in [-0.3, -0.25) is 4.79 Å². The molecule has 1 heterocycles. The maximum absolute atomic E-state index is 11.7. The molecular formula is C15H21N3O. The van der Waals surface area contributed by atoms with Gasteiger partial charge in [0, 0.05) is 24.2 Å². The molecular weight excluding hydrogens is 238 g/mol. The molecule has 102 valence electrons. The second-order valence-corrected chi connectivity index (χ2v) is 5.69. The topological polar surface area (TPSA) is 54.0 Å². The second-order valence-electron chi connectivity index (χ2n) is 5.69. The van der Waals surface area contributed by atoms with Gasteiger partial charge in [0.15, 0.2) is 0 Å². The van der Waals surface area contributed by atoms with Gasteiger partial charge in [0.1, 0.15) is 5.82 Å². The summed E-state index contributed by atoms with van der Waals surface area (Å²) in [7, 11) is 0. The van der Waals surface area contributed by atoms with E-state index < -0.39 is 0 Å². The van der Waals surface area contributed by atoms with Crippen LogP contribution in [0.3, 0.4) is 0 Å². The van der Waals surface area contributed by atoms with Crippen molar-refractivity contribution in [2.45, 2.75) is 50.6 Å². The summed E-state index contributed by atoms with van der Waals surface area (Å²) < 4.78 is 0. The fourth-order valence-corrected chi connectivity index (χ4v) is 2.70. The summed E-state index contributed by atoms with van der Waals surface area (Å²) in [5.74, 6) is 1.55. The number of rotatable bonds is 4. The third-order valence-corrected chi connectivity index (χ3v) is 4.04. The Labute approximate surface area is 114 Å². The van der Waals surface area contributed by atoms with E-state index in [9.17, 15) is 4.79 Å². The summed E-state index contributed by atoms with van der Waals surface area (Å²) >= 11 is 0. The minimum Gasteiger partial charge on any atom is -0.367 e. The number of hydrogen-bond donors (Lipinski definition) is 2. The van der Waals surface area contributed by atoms with E-state index >= 15 is 0 Å². The van der Waals surface area contributed by atoms with Crippen molar-refractivity contribution in [2.75, 3.05) is 5.32 Å². The predicted octanol–water partition coefficient (Wildman–Crippen LogP) is 2.33. The van der Waals surface area contributed by atoms with Crippen molar-refractivity contribution in [2.24, 2.45) is 5.92 Å². The monoisotopic (exact) mass is 259 g/mol. The van der Waals surface area contributed by atoms with Gasteiger partial charge in [-0.2, -0.15) is 0 Å². The van der Waals surface area contributed by atoms with Gasteiger partial charge in [0.05, 0.1) is 0 Å². The van der Waals surface area contributed by atoms with Gasteiger partial charge in [0.2, 0.25) is 5.91 Å². The van der Waals surface area contributed by atoms with Gasteiger partial charge in [-0.25, -0.2) is 4.98 Å². The highest BCUT2D eigenvalue weighted by Gasteiger charge is 2.31. The van der Waals surface area contributed by atoms with Crippen molar-refractivity contribution < 1.29 is 4.79 Å². The van der Waals surface area contributed by atoms with Gasteiger partial charge in [-0.15, -0.1) is 0 Å². The molecule has 2 saturated carbocycles. The number of hydrogen-bond acceptors (Lipinski definition) is 3. The summed E-state index contributed by atoms with van der Waals surface area (Å²) in [5, 5.41) is 6.65. The first-order chi connectivity index (χ1) is 9.31. The highest BCUT2D eigenvalue weighted by molar-refractivity contribution is 5.81. The first-order valence-electron chi connectivity index (χ1n) is 7.29. The molecule has 0 saturated heterocycles. The van der Waals surface area contributed by atoms with Crippen molar-refractivity contribution in [3.05, 3.63) is 24.4 Å². The Morgan fingerprint density at radius 2 is 1.79 bits per heavy atom. The van der Waals surface area contributed by atoms with Crippen LogP contribution in [-0.4, -0.2) is 23.0 Å². The third-order valence-electron chi connectivity index (χ3n) is 4.04. The highest BCUT2D eigenvalue weighted by atomic mass is 16.2. The average molecular weight is 259 g/mol. The van der Waals surface area contributed by atoms with E-state index in [0.717, 1.165) is 44.3 Å². The number of nitrogens with one attached hydrogen (secondary N) is 2. The zero-order valence-electron chi connectivity index (χ0n) is 11.1. The van der Waals surface area contributed by atoms with Crippen LogP contribution >= 0.6 is 0 Å². The summed E-state index contributed by atoms with van der Waals surface area (Å²) in [6.07, 6.45) is 8.33. The molecule has 0 unspecified atom stereocenters. The zero-order chi connectivity index (χ0) is 13.1. The number of amides is 1. The van der Waals surface area contributed by atoms with E-state index in [1.54, 1.807) is 0 Å². The van der Waals surface area contributed by atoms with E-state index in [4.69, 9.17) is 0 Å². The second kappa shape index (κ2) is 5.59. The quantitative estimate of drug-likeness (QED) is 0.872. The van der Waals surface area contributed by atoms with Crippen LogP contribution in [0.25, 0.3) is 0 Å². The Bertz CT molecular complexity index is 422. The van der Waals surface area contributed by atoms with Gasteiger partial charge in [-0.1, -0.05) is 6.07 Å². The van der Waals surface area contributed by atoms with E-state index in [0.29, 0.717) is 18.0 Å². The molecule has 0 atom stereocenters. The zero-order valence-corrected chi connectivity index (χ0v) is 11.1. The van der Waals surface area contributed by atoms with Crippen LogP contribution in [0.4, 0.5) is 5.82 Å². The molecule has 0 aromatic carbocycles. The van der Waals surface area contributed by atoms with E-state index in [1.165, 1.54) is 0 Å². The summed E-state index contributed by atoms with van der Waals surface area (Å²) in [6, 6.07) is 6.80. The molecule has 0 aliphatic heterocycles. The number of carbonyl (C=O) groups is 1. The van der Waals surface area contributed by atoms with Crippen molar-refractivity contribution in [1.82, 2.24) is 10.3 Å². The summed E-state index contributed by atoms with van der Waals surface area (Å²) in [5.41, 5.74) is 0. The maximum Gasteiger partial charge on any atom is 0.223 e. The van der Waals surface area contributed by atoms with Crippen molar-refractivity contribution in [3.8, 4) is 0 Å². The lowest BCUT2D eigenvalue weighted by Gasteiger charge is -2.30. The van der Waals surface area contributed by atoms with E-state index in [-0.39, 0.29) is 5.91 Å². The van der Waals surface area contributed by atoms with E-state index in [1.807, 2.05) is 24.4 Å². The standard InChI is InChI=1S/C15H21N3O/c19-15(11-4-5-11)18-13-8-6-12(7-9-13)17-14-3-1-2-10-16-14/h1-3,10-13H,4-9H2,(H,16,17)(H,18,19). The molecule has 2 N–H and O–H groups in total. The predicted molar refractivity (Wildman–Crippen MR) is 74.8 cm³/mol. The number of pyridine rings is 1. The van der Waals surface area contributed by atoms with Gasteiger partial charge >= 0.3 is 0 Å². The highest BCUT2D eigenvalue weighted by Crippen LogP contribution is 2.30. The summed E-state index contributed by atoms with van der Waals surface area (Å²) in [6.45, 7) is 0. The number of aromatic nitrogens is 1. The van der Waals surface area contributed by atoms with Crippen LogP contribution in [0, 0.1) is 5.92 Å². The lowest BCUT2D eigenvalue weighted by atomic mass is 9.91. The molecule has 19 heavy (non-hydrogen) atoms. The Kier molecular flexibility index (Phi) is 3.67. The molecule has 1 amide bonds. The largest absolute Gasteiger partial charge is 0.367 e. The van der Waals surface area contributed by atoms with Crippen LogP contribution < -0.4 is 10.6 Å². The first-order valence-corrected chi connectivity index (χ1v) is 7.29. The van der Waals surface area contributed by atoms with Crippen LogP contribution in [-0.2, 0) is 4.79 Å². The molecule has 0 spiro atoms. The molecule has 4 nitrogen and oxygen atoms in total. The lowest BCUT2D eigenvalue weighted by molar-refractivity contribution is -0.123. The molecule has 2 aliphatic carbocycles. The Balaban J connectivity index is 1.43. The van der Waals surface area contributed by atoms with Crippen molar-refractivity contribution in [1.29, 1.82) is 0 Å². The first kappa shape index (κ1) is 12.5. The lowest BCUT2D eigenvalue weighted by Crippen LogP contribution is -2.40. The van der Waals surface area contributed by atoms with Gasteiger partial charge < -0.3 is 10.6 Å². The minimum absolute atomic E-state index is 0.279. The van der Waals surface area contributed by atoms with Crippen molar-refractivity contribution >= 4 is 11.7 Å². The fraction of sp³-hybridized carbons (Fsp3) is 0.600. The molecule has 0 bridgehead atoms. The minimum atomic E-state index is 0.279. The Morgan fingerprint density at radius 1 is 1.05 bits per heavy atom. The van der Waals surface area contributed by atoms with Crippen LogP contribution in [0.15, 0.2) is 24.4 Å². The SMILES string of the molecule is O=C(NC1CCC(Nc2ccccn2)CC1)C1CC1. The smallest absolute Gasteiger partial charge is 0.223 e.